The van der Waals surface area contributed by atoms with E-state index in [0.717, 1.165) is 17.1 Å². The number of nitrogens with zero attached hydrogens (tertiary/aromatic N) is 1. The molecule has 0 heterocycles. The Morgan fingerprint density at radius 2 is 1.86 bits per heavy atom. The van der Waals surface area contributed by atoms with Crippen LogP contribution in [-0.4, -0.2) is 18.4 Å². The summed E-state index contributed by atoms with van der Waals surface area (Å²) < 4.78 is 26.4. The first-order chi connectivity index (χ1) is 6.57. The van der Waals surface area contributed by atoms with Crippen LogP contribution in [0.1, 0.15) is 6.92 Å². The van der Waals surface area contributed by atoms with Gasteiger partial charge < -0.3 is 5.11 Å². The van der Waals surface area contributed by atoms with E-state index < -0.39 is 17.9 Å². The van der Waals surface area contributed by atoms with E-state index in [9.17, 15) is 13.9 Å². The van der Waals surface area contributed by atoms with Crippen LogP contribution in [0, 0.1) is 11.6 Å². The molecule has 0 saturated carbocycles. The summed E-state index contributed by atoms with van der Waals surface area (Å²) >= 11 is 0. The number of hydrazine groups is 1. The Balaban J connectivity index is 3.15. The molecule has 5 heteroatoms. The number of nitrogens with one attached hydrogen (secondary N) is 1. The van der Waals surface area contributed by atoms with Gasteiger partial charge in [0.1, 0.15) is 11.9 Å². The van der Waals surface area contributed by atoms with E-state index in [2.05, 4.69) is 5.43 Å². The molecule has 0 aliphatic heterocycles. The maximum Gasteiger partial charge on any atom is 0.150 e. The smallest absolute Gasteiger partial charge is 0.150 e. The highest BCUT2D eigenvalue weighted by atomic mass is 19.1. The standard InChI is InChI=1S/C9H12F2N2O/c1-6(14)13(12-2)9-7(10)4-3-5-8(9)11/h3-6,12,14H,1-2H3/t6-/m0/s1. The van der Waals surface area contributed by atoms with Crippen molar-refractivity contribution in [3.63, 3.8) is 0 Å². The largest absolute Gasteiger partial charge is 0.373 e. The monoisotopic (exact) mass is 202 g/mol. The molecule has 0 bridgehead atoms. The summed E-state index contributed by atoms with van der Waals surface area (Å²) in [6.45, 7) is 1.41. The molecule has 0 unspecified atom stereocenters. The number of aliphatic hydroxyl groups is 1. The molecule has 1 aromatic rings. The number of halogens is 2. The molecule has 0 amide bonds. The molecule has 0 saturated heterocycles. The van der Waals surface area contributed by atoms with Gasteiger partial charge in [-0.15, -0.1) is 0 Å². The van der Waals surface area contributed by atoms with Crippen molar-refractivity contribution in [1.29, 1.82) is 0 Å². The topological polar surface area (TPSA) is 35.5 Å². The highest BCUT2D eigenvalue weighted by molar-refractivity contribution is 5.48. The lowest BCUT2D eigenvalue weighted by Crippen LogP contribution is -2.43. The van der Waals surface area contributed by atoms with Crippen molar-refractivity contribution in [2.24, 2.45) is 0 Å². The minimum atomic E-state index is -1.02. The van der Waals surface area contributed by atoms with Crippen LogP contribution in [-0.2, 0) is 0 Å². The third-order valence-electron chi connectivity index (χ3n) is 1.79. The first-order valence-electron chi connectivity index (χ1n) is 4.16. The van der Waals surface area contributed by atoms with Gasteiger partial charge in [-0.1, -0.05) is 6.07 Å². The molecule has 3 nitrogen and oxygen atoms in total. The molecular weight excluding hydrogens is 190 g/mol. The third-order valence-corrected chi connectivity index (χ3v) is 1.79. The van der Waals surface area contributed by atoms with E-state index >= 15 is 0 Å². The number of aliphatic hydroxyl groups excluding tert-OH is 1. The zero-order valence-corrected chi connectivity index (χ0v) is 7.96. The number of para-hydroxylation sites is 1. The van der Waals surface area contributed by atoms with Crippen LogP contribution in [0.5, 0.6) is 0 Å². The van der Waals surface area contributed by atoms with Crippen molar-refractivity contribution in [1.82, 2.24) is 5.43 Å². The Morgan fingerprint density at radius 3 is 2.21 bits per heavy atom. The van der Waals surface area contributed by atoms with Gasteiger partial charge in [-0.2, -0.15) is 0 Å². The molecule has 0 spiro atoms. The predicted octanol–water partition coefficient (Wildman–Crippen LogP) is 1.24. The summed E-state index contributed by atoms with van der Waals surface area (Å²) in [4.78, 5) is 0. The summed E-state index contributed by atoms with van der Waals surface area (Å²) in [5.41, 5.74) is 2.22. The minimum Gasteiger partial charge on any atom is -0.373 e. The number of benzene rings is 1. The lowest BCUT2D eigenvalue weighted by molar-refractivity contribution is 0.175. The second-order valence-corrected chi connectivity index (χ2v) is 2.80. The zero-order chi connectivity index (χ0) is 10.7. The van der Waals surface area contributed by atoms with E-state index in [1.807, 2.05) is 0 Å². The number of anilines is 1. The van der Waals surface area contributed by atoms with Gasteiger partial charge in [-0.25, -0.2) is 14.2 Å². The van der Waals surface area contributed by atoms with Gasteiger partial charge >= 0.3 is 0 Å². The number of rotatable bonds is 3. The fraction of sp³-hybridized carbons (Fsp3) is 0.333. The molecule has 1 rings (SSSR count). The summed E-state index contributed by atoms with van der Waals surface area (Å²) in [5.74, 6) is -1.44. The Bertz CT molecular complexity index is 297. The molecular formula is C9H12F2N2O. The van der Waals surface area contributed by atoms with Crippen molar-refractivity contribution in [2.75, 3.05) is 12.1 Å². The number of hydrogen-bond donors (Lipinski definition) is 2. The summed E-state index contributed by atoms with van der Waals surface area (Å²) in [7, 11) is 1.47. The molecule has 0 aliphatic rings. The van der Waals surface area contributed by atoms with Crippen molar-refractivity contribution >= 4 is 5.69 Å². The maximum absolute atomic E-state index is 13.2. The molecule has 14 heavy (non-hydrogen) atoms. The fourth-order valence-corrected chi connectivity index (χ4v) is 1.20. The molecule has 0 radical (unpaired) electrons. The van der Waals surface area contributed by atoms with E-state index in [4.69, 9.17) is 0 Å². The van der Waals surface area contributed by atoms with Crippen LogP contribution in [0.25, 0.3) is 0 Å². The molecule has 1 aromatic carbocycles. The first-order valence-corrected chi connectivity index (χ1v) is 4.16. The SMILES string of the molecule is CNN(c1c(F)cccc1F)[C@H](C)O. The lowest BCUT2D eigenvalue weighted by atomic mass is 10.3. The highest BCUT2D eigenvalue weighted by Gasteiger charge is 2.18. The van der Waals surface area contributed by atoms with Gasteiger partial charge in [0.05, 0.1) is 0 Å². The van der Waals surface area contributed by atoms with E-state index in [-0.39, 0.29) is 5.69 Å². The number of hydrogen-bond acceptors (Lipinski definition) is 3. The molecule has 0 fully saturated rings. The van der Waals surface area contributed by atoms with Gasteiger partial charge in [-0.05, 0) is 19.1 Å². The summed E-state index contributed by atoms with van der Waals surface area (Å²) in [6.07, 6.45) is -1.02. The van der Waals surface area contributed by atoms with Crippen LogP contribution in [0.2, 0.25) is 0 Å². The van der Waals surface area contributed by atoms with Crippen molar-refractivity contribution in [3.05, 3.63) is 29.8 Å². The average molecular weight is 202 g/mol. The van der Waals surface area contributed by atoms with Gasteiger partial charge in [-0.3, -0.25) is 5.01 Å². The first kappa shape index (κ1) is 10.9. The van der Waals surface area contributed by atoms with Crippen molar-refractivity contribution in [3.8, 4) is 0 Å². The molecule has 78 valence electrons. The normalized spacial score (nSPS) is 12.6. The minimum absolute atomic E-state index is 0.287. The van der Waals surface area contributed by atoms with Crippen LogP contribution >= 0.6 is 0 Å². The van der Waals surface area contributed by atoms with E-state index in [1.54, 1.807) is 0 Å². The lowest BCUT2D eigenvalue weighted by Gasteiger charge is -2.26. The maximum atomic E-state index is 13.2. The van der Waals surface area contributed by atoms with Gasteiger partial charge in [0.15, 0.2) is 11.6 Å². The van der Waals surface area contributed by atoms with Crippen molar-refractivity contribution < 1.29 is 13.9 Å². The Hall–Kier alpha value is -1.20. The van der Waals surface area contributed by atoms with Gasteiger partial charge in [0, 0.05) is 7.05 Å². The molecule has 2 N–H and O–H groups in total. The third kappa shape index (κ3) is 2.00. The van der Waals surface area contributed by atoms with Crippen LogP contribution < -0.4 is 10.4 Å². The quantitative estimate of drug-likeness (QED) is 0.572. The van der Waals surface area contributed by atoms with E-state index in [0.29, 0.717) is 0 Å². The van der Waals surface area contributed by atoms with Gasteiger partial charge in [0.2, 0.25) is 0 Å². The van der Waals surface area contributed by atoms with Crippen molar-refractivity contribution in [2.45, 2.75) is 13.2 Å². The second-order valence-electron chi connectivity index (χ2n) is 2.80. The van der Waals surface area contributed by atoms with Gasteiger partial charge in [0.25, 0.3) is 0 Å². The Labute approximate surface area is 80.9 Å². The fourth-order valence-electron chi connectivity index (χ4n) is 1.20. The van der Waals surface area contributed by atoms with Crippen LogP contribution in [0.4, 0.5) is 14.5 Å². The van der Waals surface area contributed by atoms with Crippen LogP contribution in [0.15, 0.2) is 18.2 Å². The molecule has 0 aliphatic carbocycles. The van der Waals surface area contributed by atoms with E-state index in [1.165, 1.54) is 20.0 Å². The predicted molar refractivity (Wildman–Crippen MR) is 49.6 cm³/mol. The Morgan fingerprint density at radius 1 is 1.36 bits per heavy atom. The Kier molecular flexibility index (Phi) is 3.38. The molecule has 1 atom stereocenters. The molecule has 0 aromatic heterocycles. The van der Waals surface area contributed by atoms with Crippen LogP contribution in [0.3, 0.4) is 0 Å². The highest BCUT2D eigenvalue weighted by Crippen LogP contribution is 2.22. The summed E-state index contributed by atoms with van der Waals surface area (Å²) in [6, 6.07) is 3.53. The zero-order valence-electron chi connectivity index (χ0n) is 7.96. The average Bonchev–Trinajstić information content (AvgIpc) is 2.10. The second kappa shape index (κ2) is 4.34. The summed E-state index contributed by atoms with van der Waals surface area (Å²) in [5, 5.41) is 10.2.